The molecule has 2 saturated carbocycles. The number of hydrogen-bond donors (Lipinski definition) is 1. The van der Waals surface area contributed by atoms with Crippen LogP contribution < -0.4 is 5.32 Å². The third-order valence-electron chi connectivity index (χ3n) is 5.39. The number of fused-ring (bicyclic) bond motifs is 1. The molecule has 0 spiro atoms. The summed E-state index contributed by atoms with van der Waals surface area (Å²) in [6, 6.07) is 0. The van der Waals surface area contributed by atoms with E-state index in [2.05, 4.69) is 30.4 Å². The highest BCUT2D eigenvalue weighted by molar-refractivity contribution is 7.97. The summed E-state index contributed by atoms with van der Waals surface area (Å²) < 4.78 is 25.0. The lowest BCUT2D eigenvalue weighted by Crippen LogP contribution is -2.43. The molecule has 1 amide bonds. The molecule has 0 radical (unpaired) electrons. The summed E-state index contributed by atoms with van der Waals surface area (Å²) in [7, 11) is -2.69. The van der Waals surface area contributed by atoms with E-state index in [-0.39, 0.29) is 35.3 Å². The second kappa shape index (κ2) is 5.55. The lowest BCUT2D eigenvalue weighted by atomic mass is 9.82. The molecule has 6 heteroatoms. The molecule has 1 heterocycles. The van der Waals surface area contributed by atoms with E-state index in [0.29, 0.717) is 11.7 Å². The zero-order valence-electron chi connectivity index (χ0n) is 13.5. The molecule has 6 unspecified atom stereocenters. The summed E-state index contributed by atoms with van der Waals surface area (Å²) in [6.45, 7) is 11.3. The van der Waals surface area contributed by atoms with Crippen LogP contribution in [0.3, 0.4) is 0 Å². The van der Waals surface area contributed by atoms with Crippen LogP contribution in [0.2, 0.25) is 0 Å². The van der Waals surface area contributed by atoms with Crippen LogP contribution in [0.25, 0.3) is 0 Å². The third kappa shape index (κ3) is 2.36. The van der Waals surface area contributed by atoms with E-state index in [1.165, 1.54) is 6.08 Å². The minimum atomic E-state index is -2.69. The third-order valence-corrected chi connectivity index (χ3v) is 7.79. The van der Waals surface area contributed by atoms with Crippen molar-refractivity contribution < 1.29 is 17.9 Å². The van der Waals surface area contributed by atoms with Crippen molar-refractivity contribution in [1.82, 2.24) is 5.32 Å². The van der Waals surface area contributed by atoms with E-state index in [9.17, 15) is 9.00 Å². The van der Waals surface area contributed by atoms with Crippen molar-refractivity contribution in [1.29, 1.82) is 0 Å². The van der Waals surface area contributed by atoms with Crippen molar-refractivity contribution in [3.05, 3.63) is 31.1 Å². The largest absolute Gasteiger partial charge is 0.492 e. The van der Waals surface area contributed by atoms with Crippen molar-refractivity contribution in [2.45, 2.75) is 44.1 Å². The van der Waals surface area contributed by atoms with Gasteiger partial charge in [0, 0.05) is 11.3 Å². The summed E-state index contributed by atoms with van der Waals surface area (Å²) >= 11 is 0. The van der Waals surface area contributed by atoms with Gasteiger partial charge in [-0.2, -0.15) is 0 Å². The SMILES string of the molecule is C=C=S1(=O)OC2CC3CC2(C)C1C3O/C(=C\C)CNC(=O)C=C. The van der Waals surface area contributed by atoms with Gasteiger partial charge in [0.1, 0.15) is 26.9 Å². The number of hydrogen-bond acceptors (Lipinski definition) is 4. The Labute approximate surface area is 137 Å². The number of carbonyl (C=O) groups is 1. The predicted octanol–water partition coefficient (Wildman–Crippen LogP) is 1.56. The molecular formula is C17H23NO4S. The first-order chi connectivity index (χ1) is 10.9. The lowest BCUT2D eigenvalue weighted by Gasteiger charge is -2.32. The van der Waals surface area contributed by atoms with Crippen LogP contribution in [0.5, 0.6) is 0 Å². The molecule has 6 atom stereocenters. The summed E-state index contributed by atoms with van der Waals surface area (Å²) in [6.07, 6.45) is 4.67. The van der Waals surface area contributed by atoms with Gasteiger partial charge in [0.15, 0.2) is 0 Å². The molecule has 0 aromatic rings. The molecule has 2 aliphatic carbocycles. The Balaban J connectivity index is 1.81. The van der Waals surface area contributed by atoms with Gasteiger partial charge in [-0.3, -0.25) is 8.98 Å². The van der Waals surface area contributed by atoms with E-state index in [1.807, 2.05) is 13.0 Å². The molecule has 0 aromatic heterocycles. The first-order valence-electron chi connectivity index (χ1n) is 7.85. The predicted molar refractivity (Wildman–Crippen MR) is 90.1 cm³/mol. The van der Waals surface area contributed by atoms with Gasteiger partial charge in [-0.1, -0.05) is 13.5 Å². The first kappa shape index (κ1) is 16.4. The van der Waals surface area contributed by atoms with Crippen molar-refractivity contribution in [2.75, 3.05) is 6.54 Å². The van der Waals surface area contributed by atoms with Crippen molar-refractivity contribution in [3.63, 3.8) is 0 Å². The van der Waals surface area contributed by atoms with Crippen LogP contribution in [-0.2, 0) is 23.5 Å². The number of amides is 1. The molecule has 1 saturated heterocycles. The van der Waals surface area contributed by atoms with Crippen LogP contribution in [0.15, 0.2) is 31.1 Å². The Morgan fingerprint density at radius 2 is 2.35 bits per heavy atom. The average molecular weight is 337 g/mol. The molecule has 3 fully saturated rings. The molecule has 1 aliphatic heterocycles. The Kier molecular flexibility index (Phi) is 3.95. The van der Waals surface area contributed by atoms with Crippen LogP contribution in [-0.4, -0.2) is 39.1 Å². The van der Waals surface area contributed by atoms with E-state index < -0.39 is 9.80 Å². The monoisotopic (exact) mass is 337 g/mol. The van der Waals surface area contributed by atoms with Crippen LogP contribution in [0, 0.1) is 11.3 Å². The van der Waals surface area contributed by atoms with Gasteiger partial charge in [0.2, 0.25) is 5.91 Å². The fourth-order valence-electron chi connectivity index (χ4n) is 4.32. The van der Waals surface area contributed by atoms with Crippen LogP contribution in [0.4, 0.5) is 0 Å². The fraction of sp³-hybridized carbons (Fsp3) is 0.588. The molecule has 23 heavy (non-hydrogen) atoms. The minimum Gasteiger partial charge on any atom is -0.492 e. The van der Waals surface area contributed by atoms with Crippen molar-refractivity contribution in [3.8, 4) is 0 Å². The average Bonchev–Trinajstić information content (AvgIpc) is 3.03. The maximum absolute atomic E-state index is 13.0. The smallest absolute Gasteiger partial charge is 0.243 e. The quantitative estimate of drug-likeness (QED) is 0.470. The fourth-order valence-corrected chi connectivity index (χ4v) is 6.92. The van der Waals surface area contributed by atoms with Gasteiger partial charge in [0.25, 0.3) is 0 Å². The maximum atomic E-state index is 13.0. The topological polar surface area (TPSA) is 64.6 Å². The molecule has 5 nitrogen and oxygen atoms in total. The normalized spacial score (nSPS) is 44.0. The Morgan fingerprint density at radius 1 is 1.61 bits per heavy atom. The number of rotatable bonds is 5. The van der Waals surface area contributed by atoms with Gasteiger partial charge in [0.05, 0.1) is 12.6 Å². The van der Waals surface area contributed by atoms with E-state index in [1.54, 1.807) is 0 Å². The highest BCUT2D eigenvalue weighted by atomic mass is 32.2. The van der Waals surface area contributed by atoms with E-state index >= 15 is 0 Å². The molecule has 3 aliphatic rings. The lowest BCUT2D eigenvalue weighted by molar-refractivity contribution is -0.116. The number of allylic oxidation sites excluding steroid dienone is 1. The van der Waals surface area contributed by atoms with E-state index in [0.717, 1.165) is 12.8 Å². The molecule has 3 rings (SSSR count). The molecule has 0 aromatic carbocycles. The zero-order chi connectivity index (χ0) is 16.8. The van der Waals surface area contributed by atoms with Crippen LogP contribution >= 0.6 is 0 Å². The minimum absolute atomic E-state index is 0.00799. The number of ether oxygens (including phenoxy) is 1. The van der Waals surface area contributed by atoms with Gasteiger partial charge in [-0.25, -0.2) is 4.21 Å². The highest BCUT2D eigenvalue weighted by Crippen LogP contribution is 2.63. The second-order valence-corrected chi connectivity index (χ2v) is 8.74. The van der Waals surface area contributed by atoms with E-state index in [4.69, 9.17) is 8.92 Å². The number of nitrogens with one attached hydrogen (secondary N) is 1. The van der Waals surface area contributed by atoms with Crippen LogP contribution in [0.1, 0.15) is 26.7 Å². The Morgan fingerprint density at radius 3 is 2.96 bits per heavy atom. The van der Waals surface area contributed by atoms with Crippen molar-refractivity contribution >= 4 is 20.7 Å². The summed E-state index contributed by atoms with van der Waals surface area (Å²) in [5.41, 5.74) is -0.139. The first-order valence-corrected chi connectivity index (χ1v) is 9.40. The van der Waals surface area contributed by atoms with Crippen molar-refractivity contribution in [2.24, 2.45) is 11.3 Å². The zero-order valence-corrected chi connectivity index (χ0v) is 14.4. The van der Waals surface area contributed by atoms with Gasteiger partial charge >= 0.3 is 0 Å². The van der Waals surface area contributed by atoms with Gasteiger partial charge in [-0.05, 0) is 43.5 Å². The Bertz CT molecular complexity index is 714. The highest BCUT2D eigenvalue weighted by Gasteiger charge is 2.70. The van der Waals surface area contributed by atoms with Gasteiger partial charge < -0.3 is 10.1 Å². The molecule has 1 N–H and O–H groups in total. The Hall–Kier alpha value is -1.49. The number of carbonyl (C=O) groups excluding carboxylic acids is 1. The molecule has 126 valence electrons. The second-order valence-electron chi connectivity index (χ2n) is 6.66. The summed E-state index contributed by atoms with van der Waals surface area (Å²) in [5, 5.41) is 5.13. The maximum Gasteiger partial charge on any atom is 0.243 e. The summed E-state index contributed by atoms with van der Waals surface area (Å²) in [5.74, 6) is 0.729. The standard InChI is InChI=1S/C17H23NO4S/c1-5-12(10-18-14(19)6-2)21-15-11-8-13-17(4,9-11)16(15)23(20,7-3)22-13/h5-6,11,13,15-16H,2-3,8-10H2,1,4H3,(H,18,19)/b12-5-. The molecular weight excluding hydrogens is 314 g/mol. The van der Waals surface area contributed by atoms with Gasteiger partial charge in [-0.15, -0.1) is 0 Å². The molecule has 2 bridgehead atoms. The summed E-state index contributed by atoms with van der Waals surface area (Å²) in [4.78, 5) is 11.3.